The van der Waals surface area contributed by atoms with Crippen LogP contribution in [-0.2, 0) is 16.0 Å². The van der Waals surface area contributed by atoms with Gasteiger partial charge >= 0.3 is 0 Å². The summed E-state index contributed by atoms with van der Waals surface area (Å²) in [5.41, 5.74) is 4.71. The van der Waals surface area contributed by atoms with E-state index in [1.165, 1.54) is 5.56 Å². The van der Waals surface area contributed by atoms with Crippen LogP contribution < -0.4 is 4.74 Å². The van der Waals surface area contributed by atoms with Crippen LogP contribution in [0.5, 0.6) is 5.75 Å². The average molecular weight is 486 g/mol. The van der Waals surface area contributed by atoms with Crippen molar-refractivity contribution in [3.05, 3.63) is 65.0 Å². The summed E-state index contributed by atoms with van der Waals surface area (Å²) in [5.74, 6) is 0.678. The van der Waals surface area contributed by atoms with Gasteiger partial charge in [-0.05, 0) is 64.2 Å². The Balaban J connectivity index is 1.11. The number of rotatable bonds is 4. The van der Waals surface area contributed by atoms with E-state index in [-0.39, 0.29) is 24.0 Å². The van der Waals surface area contributed by atoms with Gasteiger partial charge in [0.1, 0.15) is 18.1 Å². The van der Waals surface area contributed by atoms with Crippen molar-refractivity contribution in [2.75, 3.05) is 39.9 Å². The maximum absolute atomic E-state index is 13.6. The van der Waals surface area contributed by atoms with Crippen LogP contribution in [0.15, 0.2) is 42.7 Å². The Kier molecular flexibility index (Phi) is 5.87. The highest BCUT2D eigenvalue weighted by Crippen LogP contribution is 2.37. The van der Waals surface area contributed by atoms with Gasteiger partial charge in [-0.25, -0.2) is 4.68 Å². The Hall–Kier alpha value is -3.81. The maximum atomic E-state index is 13.6. The molecule has 0 N–H and O–H groups in total. The number of benzene rings is 2. The summed E-state index contributed by atoms with van der Waals surface area (Å²) in [6.45, 7) is 3.50. The Labute approximate surface area is 209 Å². The number of methoxy groups -OCH3 is 1. The van der Waals surface area contributed by atoms with Crippen LogP contribution >= 0.6 is 0 Å². The molecule has 2 aromatic carbocycles. The Morgan fingerprint density at radius 2 is 2.11 bits per heavy atom. The van der Waals surface area contributed by atoms with Crippen LogP contribution in [0.4, 0.5) is 0 Å². The molecule has 3 aromatic rings. The lowest BCUT2D eigenvalue weighted by Gasteiger charge is -2.46. The lowest BCUT2D eigenvalue weighted by Crippen LogP contribution is -2.60. The minimum absolute atomic E-state index is 0.0994. The molecule has 1 amide bonds. The monoisotopic (exact) mass is 485 g/mol. The largest absolute Gasteiger partial charge is 0.495 e. The zero-order chi connectivity index (χ0) is 24.6. The molecule has 2 saturated heterocycles. The zero-order valence-corrected chi connectivity index (χ0v) is 20.1. The number of hydrogen-bond donors (Lipinski definition) is 0. The Morgan fingerprint density at radius 1 is 1.19 bits per heavy atom. The van der Waals surface area contributed by atoms with Gasteiger partial charge in [0.2, 0.25) is 5.91 Å². The molecule has 184 valence electrons. The van der Waals surface area contributed by atoms with Crippen molar-refractivity contribution in [3.63, 3.8) is 0 Å². The summed E-state index contributed by atoms with van der Waals surface area (Å²) in [7, 11) is 1.57. The van der Waals surface area contributed by atoms with Gasteiger partial charge < -0.3 is 14.4 Å². The van der Waals surface area contributed by atoms with Crippen LogP contribution in [0.3, 0.4) is 0 Å². The fourth-order valence-electron chi connectivity index (χ4n) is 5.70. The summed E-state index contributed by atoms with van der Waals surface area (Å²) >= 11 is 0. The molecule has 10 nitrogen and oxygen atoms in total. The number of nitriles is 1. The van der Waals surface area contributed by atoms with Crippen LogP contribution in [0.2, 0.25) is 0 Å². The van der Waals surface area contributed by atoms with E-state index in [9.17, 15) is 10.1 Å². The standard InChI is InChI=1S/C26H27N7O3/c1-35-24-7-3-18(10-19(24)12-27)25-14-31-8-9-32(13-21(31)15-36-25)26(34)23-5-2-17-11-20(4-6-22(17)23)33-16-28-29-30-33/h3-4,6-7,10-11,16,21,23,25H,2,5,8-9,13-15H2,1H3/t21-,23?,25+/m1/s1. The second kappa shape index (κ2) is 9.33. The quantitative estimate of drug-likeness (QED) is 0.551. The minimum atomic E-state index is -0.101. The topological polar surface area (TPSA) is 109 Å². The van der Waals surface area contributed by atoms with E-state index >= 15 is 0 Å². The van der Waals surface area contributed by atoms with Crippen molar-refractivity contribution in [2.45, 2.75) is 30.9 Å². The second-order valence-corrected chi connectivity index (χ2v) is 9.56. The van der Waals surface area contributed by atoms with E-state index in [1.807, 2.05) is 29.2 Å². The van der Waals surface area contributed by atoms with Gasteiger partial charge in [0.25, 0.3) is 0 Å². The van der Waals surface area contributed by atoms with Gasteiger partial charge in [-0.15, -0.1) is 5.10 Å². The molecular formula is C26H27N7O3. The van der Waals surface area contributed by atoms with E-state index in [4.69, 9.17) is 9.47 Å². The summed E-state index contributed by atoms with van der Waals surface area (Å²) < 4.78 is 13.1. The number of aromatic nitrogens is 4. The Bertz CT molecular complexity index is 1320. The highest BCUT2D eigenvalue weighted by atomic mass is 16.5. The zero-order valence-electron chi connectivity index (χ0n) is 20.1. The van der Waals surface area contributed by atoms with E-state index in [1.54, 1.807) is 18.1 Å². The van der Waals surface area contributed by atoms with Gasteiger partial charge in [-0.3, -0.25) is 9.69 Å². The highest BCUT2D eigenvalue weighted by Gasteiger charge is 2.39. The Morgan fingerprint density at radius 3 is 2.92 bits per heavy atom. The summed E-state index contributed by atoms with van der Waals surface area (Å²) in [6.07, 6.45) is 3.18. The number of carbonyl (C=O) groups is 1. The average Bonchev–Trinajstić information content (AvgIpc) is 3.62. The number of amides is 1. The number of aryl methyl sites for hydroxylation is 1. The predicted molar refractivity (Wildman–Crippen MR) is 129 cm³/mol. The van der Waals surface area contributed by atoms with Crippen molar-refractivity contribution < 1.29 is 14.3 Å². The fourth-order valence-corrected chi connectivity index (χ4v) is 5.70. The molecule has 0 saturated carbocycles. The van der Waals surface area contributed by atoms with Crippen molar-refractivity contribution in [2.24, 2.45) is 0 Å². The summed E-state index contributed by atoms with van der Waals surface area (Å²) in [4.78, 5) is 18.0. The van der Waals surface area contributed by atoms with Gasteiger partial charge in [0.15, 0.2) is 0 Å². The predicted octanol–water partition coefficient (Wildman–Crippen LogP) is 1.86. The third kappa shape index (κ3) is 4.00. The molecule has 0 bridgehead atoms. The molecule has 1 unspecified atom stereocenters. The normalized spacial score (nSPS) is 23.6. The first-order valence-electron chi connectivity index (χ1n) is 12.2. The third-order valence-corrected chi connectivity index (χ3v) is 7.64. The van der Waals surface area contributed by atoms with Crippen molar-refractivity contribution >= 4 is 5.91 Å². The lowest BCUT2D eigenvalue weighted by atomic mass is 9.97. The van der Waals surface area contributed by atoms with E-state index in [2.05, 4.69) is 38.6 Å². The number of nitrogens with zero attached hydrogens (tertiary/aromatic N) is 7. The number of morpholine rings is 1. The molecule has 3 heterocycles. The molecule has 3 atom stereocenters. The number of ether oxygens (including phenoxy) is 2. The summed E-state index contributed by atoms with van der Waals surface area (Å²) in [5, 5.41) is 20.8. The number of hydrogen-bond acceptors (Lipinski definition) is 8. The molecule has 0 spiro atoms. The van der Waals surface area contributed by atoms with Crippen LogP contribution in [-0.4, -0.2) is 81.9 Å². The van der Waals surface area contributed by atoms with Crippen LogP contribution in [0.1, 0.15) is 40.7 Å². The fraction of sp³-hybridized carbons (Fsp3) is 0.423. The first-order valence-corrected chi connectivity index (χ1v) is 12.2. The molecule has 1 aromatic heterocycles. The molecule has 1 aliphatic carbocycles. The van der Waals surface area contributed by atoms with Gasteiger partial charge in [-0.1, -0.05) is 12.1 Å². The van der Waals surface area contributed by atoms with Crippen molar-refractivity contribution in [1.82, 2.24) is 30.0 Å². The molecule has 10 heteroatoms. The van der Waals surface area contributed by atoms with Gasteiger partial charge in [0, 0.05) is 26.2 Å². The van der Waals surface area contributed by atoms with Crippen LogP contribution in [0, 0.1) is 11.3 Å². The molecule has 36 heavy (non-hydrogen) atoms. The summed E-state index contributed by atoms with van der Waals surface area (Å²) in [6, 6.07) is 14.1. The SMILES string of the molecule is COc1ccc([C@@H]2CN3CCN(C(=O)C4CCc5cc(-n6cnnn6)ccc54)C[C@@H]3CO2)cc1C#N. The number of fused-ring (bicyclic) bond motifs is 2. The first-order chi connectivity index (χ1) is 17.6. The minimum Gasteiger partial charge on any atom is -0.495 e. The molecule has 3 aliphatic rings. The van der Waals surface area contributed by atoms with Crippen molar-refractivity contribution in [3.8, 4) is 17.5 Å². The molecule has 6 rings (SSSR count). The highest BCUT2D eigenvalue weighted by molar-refractivity contribution is 5.85. The second-order valence-electron chi connectivity index (χ2n) is 9.56. The number of tetrazole rings is 1. The van der Waals surface area contributed by atoms with Crippen molar-refractivity contribution in [1.29, 1.82) is 5.26 Å². The molecule has 2 aliphatic heterocycles. The van der Waals surface area contributed by atoms with E-state index in [0.29, 0.717) is 31.0 Å². The maximum Gasteiger partial charge on any atom is 0.230 e. The molecule has 0 radical (unpaired) electrons. The smallest absolute Gasteiger partial charge is 0.230 e. The number of piperazine rings is 1. The third-order valence-electron chi connectivity index (χ3n) is 7.64. The van der Waals surface area contributed by atoms with E-state index in [0.717, 1.165) is 42.7 Å². The van der Waals surface area contributed by atoms with E-state index < -0.39 is 0 Å². The van der Waals surface area contributed by atoms with Gasteiger partial charge in [0.05, 0.1) is 43.0 Å². The number of carbonyl (C=O) groups excluding carboxylic acids is 1. The lowest BCUT2D eigenvalue weighted by molar-refractivity contribution is -0.141. The van der Waals surface area contributed by atoms with Gasteiger partial charge in [-0.2, -0.15) is 5.26 Å². The first kappa shape index (κ1) is 22.6. The van der Waals surface area contributed by atoms with Crippen LogP contribution in [0.25, 0.3) is 5.69 Å². The molecule has 2 fully saturated rings. The molecular weight excluding hydrogens is 458 g/mol.